The number of benzene rings is 1. The molecule has 2 N–H and O–H groups in total. The minimum absolute atomic E-state index is 0.220. The molecule has 0 aliphatic heterocycles. The average molecular weight is 289 g/mol. The van der Waals surface area contributed by atoms with Crippen LogP contribution in [0.25, 0.3) is 0 Å². The molecule has 3 nitrogen and oxygen atoms in total. The van der Waals surface area contributed by atoms with Crippen LogP contribution in [0.15, 0.2) is 36.4 Å². The van der Waals surface area contributed by atoms with E-state index in [1.54, 1.807) is 17.4 Å². The molecule has 1 atom stereocenters. The van der Waals surface area contributed by atoms with Crippen molar-refractivity contribution in [1.82, 2.24) is 0 Å². The molecule has 1 aromatic heterocycles. The molecule has 0 saturated carbocycles. The van der Waals surface area contributed by atoms with E-state index in [1.807, 2.05) is 31.2 Å². The molecule has 1 aromatic carbocycles. The van der Waals surface area contributed by atoms with Gasteiger partial charge in [0.2, 0.25) is 0 Å². The van der Waals surface area contributed by atoms with Crippen molar-refractivity contribution in [2.24, 2.45) is 0 Å². The zero-order valence-electron chi connectivity index (χ0n) is 11.8. The third-order valence-electron chi connectivity index (χ3n) is 3.19. The fourth-order valence-electron chi connectivity index (χ4n) is 1.92. The first-order chi connectivity index (χ1) is 9.60. The number of esters is 1. The third kappa shape index (κ3) is 3.61. The van der Waals surface area contributed by atoms with Gasteiger partial charge in [0.05, 0.1) is 5.92 Å². The Labute approximate surface area is 123 Å². The number of carbonyl (C=O) groups is 1. The lowest BCUT2D eigenvalue weighted by atomic mass is 10.0. The van der Waals surface area contributed by atoms with E-state index in [0.717, 1.165) is 16.9 Å². The number of thiophene rings is 1. The highest BCUT2D eigenvalue weighted by Crippen LogP contribution is 2.22. The van der Waals surface area contributed by atoms with Crippen molar-refractivity contribution < 1.29 is 9.53 Å². The van der Waals surface area contributed by atoms with Crippen molar-refractivity contribution in [2.45, 2.75) is 32.8 Å². The molecule has 0 aliphatic rings. The van der Waals surface area contributed by atoms with Crippen LogP contribution >= 0.6 is 11.3 Å². The van der Waals surface area contributed by atoms with E-state index in [2.05, 4.69) is 13.0 Å². The van der Waals surface area contributed by atoms with Crippen LogP contribution in [0.4, 0.5) is 5.69 Å². The first-order valence-electron chi connectivity index (χ1n) is 6.69. The van der Waals surface area contributed by atoms with Gasteiger partial charge in [-0.15, -0.1) is 11.3 Å². The first kappa shape index (κ1) is 14.6. The summed E-state index contributed by atoms with van der Waals surface area (Å²) in [5, 5.41) is 0. The fraction of sp³-hybridized carbons (Fsp3) is 0.312. The Morgan fingerprint density at radius 2 is 2.05 bits per heavy atom. The average Bonchev–Trinajstić information content (AvgIpc) is 2.92. The standard InChI is InChI=1S/C16H19NO2S/c1-3-14-7-8-15(20-14)10-19-16(18)11(2)12-5-4-6-13(17)9-12/h4-9,11H,3,10,17H2,1-2H3. The highest BCUT2D eigenvalue weighted by atomic mass is 32.1. The van der Waals surface area contributed by atoms with Crippen molar-refractivity contribution in [3.8, 4) is 0 Å². The summed E-state index contributed by atoms with van der Waals surface area (Å²) in [6, 6.07) is 11.5. The van der Waals surface area contributed by atoms with Gasteiger partial charge < -0.3 is 10.5 Å². The van der Waals surface area contributed by atoms with Gasteiger partial charge in [0, 0.05) is 15.4 Å². The van der Waals surface area contributed by atoms with E-state index in [4.69, 9.17) is 10.5 Å². The molecule has 2 rings (SSSR count). The van der Waals surface area contributed by atoms with Crippen LogP contribution in [-0.2, 0) is 22.6 Å². The molecule has 2 aromatic rings. The normalized spacial score (nSPS) is 12.1. The summed E-state index contributed by atoms with van der Waals surface area (Å²) >= 11 is 1.69. The second-order valence-electron chi connectivity index (χ2n) is 4.72. The zero-order chi connectivity index (χ0) is 14.5. The quantitative estimate of drug-likeness (QED) is 0.674. The van der Waals surface area contributed by atoms with Gasteiger partial charge >= 0.3 is 5.97 Å². The van der Waals surface area contributed by atoms with Crippen LogP contribution in [0.2, 0.25) is 0 Å². The van der Waals surface area contributed by atoms with Crippen LogP contribution in [0.3, 0.4) is 0 Å². The lowest BCUT2D eigenvalue weighted by Gasteiger charge is -2.11. The summed E-state index contributed by atoms with van der Waals surface area (Å²) in [5.74, 6) is -0.522. The van der Waals surface area contributed by atoms with E-state index in [1.165, 1.54) is 4.88 Å². The Bertz CT molecular complexity index is 592. The van der Waals surface area contributed by atoms with E-state index >= 15 is 0 Å². The molecular formula is C16H19NO2S. The van der Waals surface area contributed by atoms with E-state index in [9.17, 15) is 4.79 Å². The molecule has 0 saturated heterocycles. The molecule has 0 fully saturated rings. The second-order valence-corrected chi connectivity index (χ2v) is 5.97. The van der Waals surface area contributed by atoms with Gasteiger partial charge in [0.25, 0.3) is 0 Å². The van der Waals surface area contributed by atoms with Crippen molar-refractivity contribution in [1.29, 1.82) is 0 Å². The predicted molar refractivity (Wildman–Crippen MR) is 82.8 cm³/mol. The molecule has 0 aliphatic carbocycles. The smallest absolute Gasteiger partial charge is 0.313 e. The van der Waals surface area contributed by atoms with E-state index in [0.29, 0.717) is 12.3 Å². The Hall–Kier alpha value is -1.81. The number of anilines is 1. The van der Waals surface area contributed by atoms with Crippen molar-refractivity contribution in [3.63, 3.8) is 0 Å². The van der Waals surface area contributed by atoms with Gasteiger partial charge in [-0.2, -0.15) is 0 Å². The first-order valence-corrected chi connectivity index (χ1v) is 7.51. The fourth-order valence-corrected chi connectivity index (χ4v) is 2.79. The lowest BCUT2D eigenvalue weighted by molar-refractivity contribution is -0.146. The molecule has 106 valence electrons. The number of carbonyl (C=O) groups excluding carboxylic acids is 1. The third-order valence-corrected chi connectivity index (χ3v) is 4.39. The maximum atomic E-state index is 12.0. The molecule has 4 heteroatoms. The van der Waals surface area contributed by atoms with Gasteiger partial charge in [-0.25, -0.2) is 0 Å². The van der Waals surface area contributed by atoms with Crippen LogP contribution in [-0.4, -0.2) is 5.97 Å². The van der Waals surface area contributed by atoms with E-state index in [-0.39, 0.29) is 11.9 Å². The summed E-state index contributed by atoms with van der Waals surface area (Å²) in [7, 11) is 0. The summed E-state index contributed by atoms with van der Waals surface area (Å²) in [6.45, 7) is 4.29. The highest BCUT2D eigenvalue weighted by Gasteiger charge is 2.17. The molecular weight excluding hydrogens is 270 g/mol. The second kappa shape index (κ2) is 6.57. The number of hydrogen-bond donors (Lipinski definition) is 1. The number of hydrogen-bond acceptors (Lipinski definition) is 4. The molecule has 0 radical (unpaired) electrons. The SMILES string of the molecule is CCc1ccc(COC(=O)C(C)c2cccc(N)c2)s1. The largest absolute Gasteiger partial charge is 0.460 e. The predicted octanol–water partition coefficient (Wildman–Crippen LogP) is 3.74. The van der Waals surface area contributed by atoms with Crippen molar-refractivity contribution in [3.05, 3.63) is 51.7 Å². The van der Waals surface area contributed by atoms with Crippen LogP contribution < -0.4 is 5.73 Å². The molecule has 1 heterocycles. The Kier molecular flexibility index (Phi) is 4.79. The van der Waals surface area contributed by atoms with E-state index < -0.39 is 0 Å². The molecule has 0 spiro atoms. The van der Waals surface area contributed by atoms with Crippen LogP contribution in [0, 0.1) is 0 Å². The van der Waals surface area contributed by atoms with Gasteiger partial charge in [0.15, 0.2) is 0 Å². The molecule has 0 amide bonds. The van der Waals surface area contributed by atoms with Gasteiger partial charge in [-0.1, -0.05) is 19.1 Å². The Morgan fingerprint density at radius 3 is 2.70 bits per heavy atom. The van der Waals surface area contributed by atoms with Crippen LogP contribution in [0.5, 0.6) is 0 Å². The molecule has 1 unspecified atom stereocenters. The monoisotopic (exact) mass is 289 g/mol. The Balaban J connectivity index is 1.94. The van der Waals surface area contributed by atoms with Crippen molar-refractivity contribution >= 4 is 23.0 Å². The maximum Gasteiger partial charge on any atom is 0.313 e. The topological polar surface area (TPSA) is 52.3 Å². The number of nitrogen functional groups attached to an aromatic ring is 1. The zero-order valence-corrected chi connectivity index (χ0v) is 12.6. The maximum absolute atomic E-state index is 12.0. The summed E-state index contributed by atoms with van der Waals surface area (Å²) in [4.78, 5) is 14.4. The minimum atomic E-state index is -0.302. The summed E-state index contributed by atoms with van der Waals surface area (Å²) < 4.78 is 5.37. The summed E-state index contributed by atoms with van der Waals surface area (Å²) in [6.07, 6.45) is 1.01. The minimum Gasteiger partial charge on any atom is -0.460 e. The summed E-state index contributed by atoms with van der Waals surface area (Å²) in [5.41, 5.74) is 7.27. The molecule has 0 bridgehead atoms. The van der Waals surface area contributed by atoms with Gasteiger partial charge in [0.1, 0.15) is 6.61 Å². The highest BCUT2D eigenvalue weighted by molar-refractivity contribution is 7.11. The Morgan fingerprint density at radius 1 is 1.30 bits per heavy atom. The van der Waals surface area contributed by atoms with Gasteiger partial charge in [-0.05, 0) is 43.2 Å². The molecule has 20 heavy (non-hydrogen) atoms. The van der Waals surface area contributed by atoms with Crippen molar-refractivity contribution in [2.75, 3.05) is 5.73 Å². The van der Waals surface area contributed by atoms with Crippen LogP contribution in [0.1, 0.15) is 35.1 Å². The number of rotatable bonds is 5. The number of nitrogens with two attached hydrogens (primary N) is 1. The van der Waals surface area contributed by atoms with Gasteiger partial charge in [-0.3, -0.25) is 4.79 Å². The number of ether oxygens (including phenoxy) is 1. The number of aryl methyl sites for hydroxylation is 1. The lowest BCUT2D eigenvalue weighted by Crippen LogP contribution is -2.13.